The maximum Gasteiger partial charge on any atom is 0.238 e. The van der Waals surface area contributed by atoms with E-state index in [1.807, 2.05) is 4.90 Å². The molecule has 1 saturated heterocycles. The summed E-state index contributed by atoms with van der Waals surface area (Å²) in [5.41, 5.74) is 0.412. The van der Waals surface area contributed by atoms with Gasteiger partial charge < -0.3 is 5.32 Å². The fraction of sp³-hybridized carbons (Fsp3) is 0.462. The molecule has 1 aromatic rings. The normalized spacial score (nSPS) is 17.6. The lowest BCUT2D eigenvalue weighted by atomic mass is 10.3. The number of sulfonamides is 1. The van der Waals surface area contributed by atoms with Crippen molar-refractivity contribution in [2.75, 3.05) is 44.3 Å². The number of halogens is 1. The standard InChI is InChI=1S/C13H18FN3O3S/c1-21(19,20)17-7-5-16(6-8-17)10-13(18)15-12-4-2-3-11(14)9-12/h2-4,9H,5-8,10H2,1H3,(H,15,18). The molecule has 2 rings (SSSR count). The summed E-state index contributed by atoms with van der Waals surface area (Å²) < 4.78 is 37.2. The number of carbonyl (C=O) groups excluding carboxylic acids is 1. The second kappa shape index (κ2) is 6.50. The Kier molecular flexibility index (Phi) is 4.92. The monoisotopic (exact) mass is 315 g/mol. The van der Waals surface area contributed by atoms with Crippen molar-refractivity contribution in [1.82, 2.24) is 9.21 Å². The minimum Gasteiger partial charge on any atom is -0.325 e. The molecule has 0 aromatic heterocycles. The highest BCUT2D eigenvalue weighted by Gasteiger charge is 2.24. The lowest BCUT2D eigenvalue weighted by Gasteiger charge is -2.32. The first kappa shape index (κ1) is 15.9. The van der Waals surface area contributed by atoms with Crippen molar-refractivity contribution in [3.8, 4) is 0 Å². The van der Waals surface area contributed by atoms with Gasteiger partial charge in [-0.2, -0.15) is 4.31 Å². The maximum absolute atomic E-state index is 13.0. The smallest absolute Gasteiger partial charge is 0.238 e. The summed E-state index contributed by atoms with van der Waals surface area (Å²) in [4.78, 5) is 13.7. The second-order valence-corrected chi connectivity index (χ2v) is 6.98. The summed E-state index contributed by atoms with van der Waals surface area (Å²) in [6, 6.07) is 5.69. The Morgan fingerprint density at radius 2 is 1.95 bits per heavy atom. The van der Waals surface area contributed by atoms with Crippen molar-refractivity contribution in [1.29, 1.82) is 0 Å². The Hall–Kier alpha value is -1.51. The van der Waals surface area contributed by atoms with Crippen molar-refractivity contribution in [2.24, 2.45) is 0 Å². The van der Waals surface area contributed by atoms with Gasteiger partial charge in [0.05, 0.1) is 12.8 Å². The molecule has 0 aliphatic carbocycles. The van der Waals surface area contributed by atoms with Crippen LogP contribution in [0.15, 0.2) is 24.3 Å². The molecule has 21 heavy (non-hydrogen) atoms. The van der Waals surface area contributed by atoms with Gasteiger partial charge >= 0.3 is 0 Å². The minimum absolute atomic E-state index is 0.161. The lowest BCUT2D eigenvalue weighted by molar-refractivity contribution is -0.117. The summed E-state index contributed by atoms with van der Waals surface area (Å²) in [5, 5.41) is 2.62. The number of benzene rings is 1. The van der Waals surface area contributed by atoms with E-state index in [-0.39, 0.29) is 12.5 Å². The zero-order chi connectivity index (χ0) is 15.5. The van der Waals surface area contributed by atoms with Gasteiger partial charge in [-0.25, -0.2) is 12.8 Å². The molecule has 1 aliphatic heterocycles. The van der Waals surface area contributed by atoms with Crippen molar-refractivity contribution in [3.05, 3.63) is 30.1 Å². The largest absolute Gasteiger partial charge is 0.325 e. The molecule has 8 heteroatoms. The van der Waals surface area contributed by atoms with Gasteiger partial charge in [0, 0.05) is 31.9 Å². The van der Waals surface area contributed by atoms with Crippen molar-refractivity contribution in [3.63, 3.8) is 0 Å². The number of rotatable bonds is 4. The van der Waals surface area contributed by atoms with Gasteiger partial charge in [0.2, 0.25) is 15.9 Å². The van der Waals surface area contributed by atoms with Crippen LogP contribution < -0.4 is 5.32 Å². The van der Waals surface area contributed by atoms with Crippen molar-refractivity contribution < 1.29 is 17.6 Å². The van der Waals surface area contributed by atoms with Gasteiger partial charge in [0.15, 0.2) is 0 Å². The Balaban J connectivity index is 1.82. The van der Waals surface area contributed by atoms with E-state index in [9.17, 15) is 17.6 Å². The van der Waals surface area contributed by atoms with E-state index in [1.54, 1.807) is 6.07 Å². The van der Waals surface area contributed by atoms with E-state index in [0.717, 1.165) is 0 Å². The molecule has 0 radical (unpaired) electrons. The average molecular weight is 315 g/mol. The van der Waals surface area contributed by atoms with Gasteiger partial charge in [-0.05, 0) is 18.2 Å². The summed E-state index contributed by atoms with van der Waals surface area (Å²) in [5.74, 6) is -0.650. The third-order valence-corrected chi connectivity index (χ3v) is 4.58. The number of hydrogen-bond donors (Lipinski definition) is 1. The first-order valence-corrected chi connectivity index (χ1v) is 8.42. The van der Waals surface area contributed by atoms with Gasteiger partial charge in [-0.1, -0.05) is 6.07 Å². The van der Waals surface area contributed by atoms with Crippen LogP contribution in [0.5, 0.6) is 0 Å². The third kappa shape index (κ3) is 4.76. The SMILES string of the molecule is CS(=O)(=O)N1CCN(CC(=O)Nc2cccc(F)c2)CC1. The Morgan fingerprint density at radius 3 is 2.52 bits per heavy atom. The van der Waals surface area contributed by atoms with Crippen LogP contribution in [0.2, 0.25) is 0 Å². The molecule has 1 aromatic carbocycles. The van der Waals surface area contributed by atoms with Crippen LogP contribution in [0.4, 0.5) is 10.1 Å². The first-order valence-electron chi connectivity index (χ1n) is 6.57. The fourth-order valence-corrected chi connectivity index (χ4v) is 3.02. The Bertz CT molecular complexity index is 613. The molecule has 0 atom stereocenters. The molecule has 1 fully saturated rings. The van der Waals surface area contributed by atoms with Crippen molar-refractivity contribution >= 4 is 21.6 Å². The number of piperazine rings is 1. The molecule has 0 bridgehead atoms. The van der Waals surface area contributed by atoms with Gasteiger partial charge in [-0.15, -0.1) is 0 Å². The highest BCUT2D eigenvalue weighted by molar-refractivity contribution is 7.88. The average Bonchev–Trinajstić information content (AvgIpc) is 2.38. The van der Waals surface area contributed by atoms with Gasteiger partial charge in [0.1, 0.15) is 5.82 Å². The molecule has 1 aliphatic rings. The summed E-state index contributed by atoms with van der Waals surface area (Å²) in [7, 11) is -3.17. The van der Waals surface area contributed by atoms with Crippen LogP contribution >= 0.6 is 0 Å². The Labute approximate surface area is 123 Å². The van der Waals surface area contributed by atoms with Crippen LogP contribution in [0.1, 0.15) is 0 Å². The molecule has 0 unspecified atom stereocenters. The summed E-state index contributed by atoms with van der Waals surface area (Å²) in [6.45, 7) is 1.93. The highest BCUT2D eigenvalue weighted by atomic mass is 32.2. The number of nitrogens with zero attached hydrogens (tertiary/aromatic N) is 2. The number of amides is 1. The zero-order valence-electron chi connectivity index (χ0n) is 11.8. The van der Waals surface area contributed by atoms with E-state index in [2.05, 4.69) is 5.32 Å². The fourth-order valence-electron chi connectivity index (χ4n) is 2.19. The predicted molar refractivity (Wildman–Crippen MR) is 77.9 cm³/mol. The summed E-state index contributed by atoms with van der Waals surface area (Å²) >= 11 is 0. The van der Waals surface area contributed by atoms with Crippen LogP contribution in [-0.2, 0) is 14.8 Å². The highest BCUT2D eigenvalue weighted by Crippen LogP contribution is 2.10. The molecular weight excluding hydrogens is 297 g/mol. The molecule has 6 nitrogen and oxygen atoms in total. The van der Waals surface area contributed by atoms with Gasteiger partial charge in [0.25, 0.3) is 0 Å². The molecule has 1 heterocycles. The molecule has 0 spiro atoms. The molecule has 1 amide bonds. The van der Waals surface area contributed by atoms with E-state index < -0.39 is 15.8 Å². The predicted octanol–water partition coefficient (Wildman–Crippen LogP) is 0.341. The molecular formula is C13H18FN3O3S. The second-order valence-electron chi connectivity index (χ2n) is 5.00. The zero-order valence-corrected chi connectivity index (χ0v) is 12.6. The quantitative estimate of drug-likeness (QED) is 0.870. The van der Waals surface area contributed by atoms with Crippen LogP contribution in [0.3, 0.4) is 0 Å². The lowest BCUT2D eigenvalue weighted by Crippen LogP contribution is -2.50. The third-order valence-electron chi connectivity index (χ3n) is 3.28. The van der Waals surface area contributed by atoms with E-state index in [4.69, 9.17) is 0 Å². The number of nitrogens with one attached hydrogen (secondary N) is 1. The number of anilines is 1. The molecule has 116 valence electrons. The molecule has 0 saturated carbocycles. The van der Waals surface area contributed by atoms with Crippen LogP contribution in [0, 0.1) is 5.82 Å². The van der Waals surface area contributed by atoms with E-state index >= 15 is 0 Å². The topological polar surface area (TPSA) is 69.7 Å². The van der Waals surface area contributed by atoms with Gasteiger partial charge in [-0.3, -0.25) is 9.69 Å². The van der Waals surface area contributed by atoms with Crippen LogP contribution in [0.25, 0.3) is 0 Å². The molecule has 1 N–H and O–H groups in total. The van der Waals surface area contributed by atoms with Crippen LogP contribution in [-0.4, -0.2) is 62.5 Å². The van der Waals surface area contributed by atoms with Crippen molar-refractivity contribution in [2.45, 2.75) is 0 Å². The number of carbonyl (C=O) groups is 1. The minimum atomic E-state index is -3.17. The van der Waals surface area contributed by atoms with E-state index in [0.29, 0.717) is 31.9 Å². The Morgan fingerprint density at radius 1 is 1.29 bits per heavy atom. The maximum atomic E-state index is 13.0. The first-order chi connectivity index (χ1) is 9.84. The summed E-state index contributed by atoms with van der Waals surface area (Å²) in [6.07, 6.45) is 1.18. The number of hydrogen-bond acceptors (Lipinski definition) is 4. The van der Waals surface area contributed by atoms with E-state index in [1.165, 1.54) is 28.8 Å².